The van der Waals surface area contributed by atoms with Gasteiger partial charge in [0.2, 0.25) is 0 Å². The molecule has 0 aromatic heterocycles. The molecule has 1 aliphatic heterocycles. The Morgan fingerprint density at radius 1 is 1.31 bits per heavy atom. The molecule has 16 heavy (non-hydrogen) atoms. The van der Waals surface area contributed by atoms with Gasteiger partial charge in [-0.15, -0.1) is 0 Å². The maximum absolute atomic E-state index is 11.7. The summed E-state index contributed by atoms with van der Waals surface area (Å²) in [6.07, 6.45) is 6.11. The SMILES string of the molecule is O=C(NCCC1CCC1)N1CCC(CO)C1. The van der Waals surface area contributed by atoms with Gasteiger partial charge in [-0.2, -0.15) is 0 Å². The molecular weight excluding hydrogens is 204 g/mol. The molecule has 2 N–H and O–H groups in total. The van der Waals surface area contributed by atoms with E-state index in [4.69, 9.17) is 5.11 Å². The van der Waals surface area contributed by atoms with E-state index in [-0.39, 0.29) is 18.6 Å². The second kappa shape index (κ2) is 5.53. The maximum Gasteiger partial charge on any atom is 0.317 e. The lowest BCUT2D eigenvalue weighted by Gasteiger charge is -2.25. The van der Waals surface area contributed by atoms with Crippen molar-refractivity contribution in [2.24, 2.45) is 11.8 Å². The van der Waals surface area contributed by atoms with Gasteiger partial charge < -0.3 is 15.3 Å². The summed E-state index contributed by atoms with van der Waals surface area (Å²) in [5.74, 6) is 1.14. The Morgan fingerprint density at radius 3 is 2.69 bits per heavy atom. The fraction of sp³-hybridized carbons (Fsp3) is 0.917. The Balaban J connectivity index is 1.60. The second-order valence-electron chi connectivity index (χ2n) is 5.10. The average molecular weight is 226 g/mol. The maximum atomic E-state index is 11.7. The molecule has 0 aromatic rings. The van der Waals surface area contributed by atoms with E-state index in [1.165, 1.54) is 19.3 Å². The number of aliphatic hydroxyl groups is 1. The van der Waals surface area contributed by atoms with Crippen molar-refractivity contribution < 1.29 is 9.90 Å². The van der Waals surface area contributed by atoms with Gasteiger partial charge in [-0.25, -0.2) is 4.79 Å². The second-order valence-corrected chi connectivity index (χ2v) is 5.10. The van der Waals surface area contributed by atoms with Crippen LogP contribution in [0.1, 0.15) is 32.1 Å². The first-order valence-electron chi connectivity index (χ1n) is 6.43. The van der Waals surface area contributed by atoms with Gasteiger partial charge in [-0.05, 0) is 18.8 Å². The summed E-state index contributed by atoms with van der Waals surface area (Å²) >= 11 is 0. The average Bonchev–Trinajstić information content (AvgIpc) is 2.69. The van der Waals surface area contributed by atoms with Crippen LogP contribution in [-0.4, -0.2) is 42.3 Å². The van der Waals surface area contributed by atoms with E-state index in [0.29, 0.717) is 6.54 Å². The molecule has 1 saturated heterocycles. The van der Waals surface area contributed by atoms with Crippen molar-refractivity contribution in [1.29, 1.82) is 0 Å². The van der Waals surface area contributed by atoms with E-state index in [1.807, 2.05) is 4.90 Å². The minimum absolute atomic E-state index is 0.0512. The molecule has 4 heteroatoms. The van der Waals surface area contributed by atoms with Gasteiger partial charge in [-0.3, -0.25) is 0 Å². The Bertz CT molecular complexity index is 241. The predicted octanol–water partition coefficient (Wildman–Crippen LogP) is 1.20. The number of urea groups is 1. The zero-order valence-electron chi connectivity index (χ0n) is 9.82. The lowest BCUT2D eigenvalue weighted by molar-refractivity contribution is 0.196. The van der Waals surface area contributed by atoms with Crippen LogP contribution in [0.4, 0.5) is 4.79 Å². The highest BCUT2D eigenvalue weighted by Crippen LogP contribution is 2.28. The largest absolute Gasteiger partial charge is 0.396 e. The number of likely N-dealkylation sites (tertiary alicyclic amines) is 1. The first-order chi connectivity index (χ1) is 7.79. The smallest absolute Gasteiger partial charge is 0.317 e. The molecule has 2 amide bonds. The van der Waals surface area contributed by atoms with E-state index in [0.717, 1.165) is 31.8 Å². The Hall–Kier alpha value is -0.770. The van der Waals surface area contributed by atoms with Gasteiger partial charge >= 0.3 is 6.03 Å². The molecule has 2 aliphatic rings. The van der Waals surface area contributed by atoms with E-state index < -0.39 is 0 Å². The van der Waals surface area contributed by atoms with E-state index >= 15 is 0 Å². The van der Waals surface area contributed by atoms with Crippen LogP contribution in [0.15, 0.2) is 0 Å². The highest BCUT2D eigenvalue weighted by Gasteiger charge is 2.25. The molecule has 92 valence electrons. The molecule has 1 aliphatic carbocycles. The third-order valence-corrected chi connectivity index (χ3v) is 3.88. The predicted molar refractivity (Wildman–Crippen MR) is 62.1 cm³/mol. The monoisotopic (exact) mass is 226 g/mol. The topological polar surface area (TPSA) is 52.6 Å². The van der Waals surface area contributed by atoms with Crippen LogP contribution in [0.25, 0.3) is 0 Å². The van der Waals surface area contributed by atoms with Gasteiger partial charge in [0.05, 0.1) is 0 Å². The Morgan fingerprint density at radius 2 is 2.12 bits per heavy atom. The molecule has 0 bridgehead atoms. The van der Waals surface area contributed by atoms with Gasteiger partial charge in [0, 0.05) is 32.2 Å². The normalized spacial score (nSPS) is 25.6. The van der Waals surface area contributed by atoms with Crippen LogP contribution in [0.5, 0.6) is 0 Å². The van der Waals surface area contributed by atoms with Gasteiger partial charge in [-0.1, -0.05) is 19.3 Å². The van der Waals surface area contributed by atoms with Gasteiger partial charge in [0.25, 0.3) is 0 Å². The van der Waals surface area contributed by atoms with Crippen molar-refractivity contribution in [3.05, 3.63) is 0 Å². The minimum atomic E-state index is 0.0512. The van der Waals surface area contributed by atoms with Crippen LogP contribution in [-0.2, 0) is 0 Å². The number of nitrogens with zero attached hydrogens (tertiary/aromatic N) is 1. The number of rotatable bonds is 4. The number of hydrogen-bond acceptors (Lipinski definition) is 2. The molecular formula is C12H22N2O2. The van der Waals surface area contributed by atoms with Crippen molar-refractivity contribution in [1.82, 2.24) is 10.2 Å². The summed E-state index contributed by atoms with van der Waals surface area (Å²) in [7, 11) is 0. The van der Waals surface area contributed by atoms with E-state index in [9.17, 15) is 4.79 Å². The van der Waals surface area contributed by atoms with Crippen LogP contribution in [0.3, 0.4) is 0 Å². The number of hydrogen-bond donors (Lipinski definition) is 2. The van der Waals surface area contributed by atoms with Crippen LogP contribution in [0, 0.1) is 11.8 Å². The third kappa shape index (κ3) is 2.88. The van der Waals surface area contributed by atoms with Crippen LogP contribution in [0.2, 0.25) is 0 Å². The third-order valence-electron chi connectivity index (χ3n) is 3.88. The number of nitrogens with one attached hydrogen (secondary N) is 1. The number of carbonyl (C=O) groups is 1. The van der Waals surface area contributed by atoms with E-state index in [2.05, 4.69) is 5.32 Å². The molecule has 0 aromatic carbocycles. The fourth-order valence-corrected chi connectivity index (χ4v) is 2.44. The van der Waals surface area contributed by atoms with Crippen LogP contribution < -0.4 is 5.32 Å². The summed E-state index contributed by atoms with van der Waals surface area (Å²) in [6.45, 7) is 2.52. The molecule has 0 radical (unpaired) electrons. The summed E-state index contributed by atoms with van der Waals surface area (Å²) in [4.78, 5) is 13.5. The highest BCUT2D eigenvalue weighted by molar-refractivity contribution is 5.74. The van der Waals surface area contributed by atoms with Gasteiger partial charge in [0.15, 0.2) is 0 Å². The van der Waals surface area contributed by atoms with Crippen molar-refractivity contribution in [3.8, 4) is 0 Å². The molecule has 1 unspecified atom stereocenters. The molecule has 2 rings (SSSR count). The van der Waals surface area contributed by atoms with Crippen molar-refractivity contribution in [2.45, 2.75) is 32.1 Å². The number of aliphatic hydroxyl groups excluding tert-OH is 1. The number of amides is 2. The Kier molecular flexibility index (Phi) is 4.04. The first kappa shape index (κ1) is 11.7. The Labute approximate surface area is 97.0 Å². The summed E-state index contributed by atoms with van der Waals surface area (Å²) in [5, 5.41) is 12.0. The lowest BCUT2D eigenvalue weighted by atomic mass is 9.83. The molecule has 1 atom stereocenters. The van der Waals surface area contributed by atoms with Crippen molar-refractivity contribution >= 4 is 6.03 Å². The zero-order valence-corrected chi connectivity index (χ0v) is 9.82. The van der Waals surface area contributed by atoms with Crippen molar-refractivity contribution in [3.63, 3.8) is 0 Å². The lowest BCUT2D eigenvalue weighted by Crippen LogP contribution is -2.39. The molecule has 4 nitrogen and oxygen atoms in total. The molecule has 0 spiro atoms. The molecule has 2 fully saturated rings. The fourth-order valence-electron chi connectivity index (χ4n) is 2.44. The molecule has 1 heterocycles. The van der Waals surface area contributed by atoms with Crippen LogP contribution >= 0.6 is 0 Å². The highest BCUT2D eigenvalue weighted by atomic mass is 16.3. The molecule has 1 saturated carbocycles. The standard InChI is InChI=1S/C12H22N2O2/c15-9-11-5-7-14(8-11)12(16)13-6-4-10-2-1-3-10/h10-11,15H,1-9H2,(H,13,16). The first-order valence-corrected chi connectivity index (χ1v) is 6.43. The summed E-state index contributed by atoms with van der Waals surface area (Å²) < 4.78 is 0. The van der Waals surface area contributed by atoms with E-state index in [1.54, 1.807) is 0 Å². The summed E-state index contributed by atoms with van der Waals surface area (Å²) in [6, 6.07) is 0.0512. The quantitative estimate of drug-likeness (QED) is 0.757. The zero-order chi connectivity index (χ0) is 11.4. The van der Waals surface area contributed by atoms with Gasteiger partial charge in [0.1, 0.15) is 0 Å². The minimum Gasteiger partial charge on any atom is -0.396 e. The number of carbonyl (C=O) groups excluding carboxylic acids is 1. The van der Waals surface area contributed by atoms with Crippen molar-refractivity contribution in [2.75, 3.05) is 26.2 Å². The summed E-state index contributed by atoms with van der Waals surface area (Å²) in [5.41, 5.74) is 0.